The Morgan fingerprint density at radius 1 is 0.828 bits per heavy atom. The van der Waals surface area contributed by atoms with Crippen LogP contribution in [-0.4, -0.2) is 60.2 Å². The summed E-state index contributed by atoms with van der Waals surface area (Å²) in [6.07, 6.45) is 10.8. The molecule has 1 saturated heterocycles. The first-order chi connectivity index (χ1) is 14.0. The average molecular weight is 402 g/mol. The van der Waals surface area contributed by atoms with E-state index >= 15 is 0 Å². The third-order valence-electron chi connectivity index (χ3n) is 8.54. The topological polar surface area (TPSA) is 69.7 Å². The largest absolute Gasteiger partial charge is 0.355 e. The highest BCUT2D eigenvalue weighted by Gasteiger charge is 2.54. The summed E-state index contributed by atoms with van der Waals surface area (Å²) in [6, 6.07) is 0. The molecule has 0 atom stereocenters. The fourth-order valence-corrected chi connectivity index (χ4v) is 7.11. The molecule has 0 aromatic carbocycles. The second-order valence-electron chi connectivity index (χ2n) is 10.5. The number of rotatable bonds is 5. The van der Waals surface area contributed by atoms with Crippen LogP contribution in [0.4, 0.5) is 0 Å². The van der Waals surface area contributed by atoms with Crippen LogP contribution in [0.1, 0.15) is 64.2 Å². The van der Waals surface area contributed by atoms with Crippen LogP contribution in [0.15, 0.2) is 0 Å². The maximum atomic E-state index is 13.0. The van der Waals surface area contributed by atoms with Gasteiger partial charge >= 0.3 is 0 Å². The predicted molar refractivity (Wildman–Crippen MR) is 109 cm³/mol. The Kier molecular flexibility index (Phi) is 5.07. The van der Waals surface area contributed by atoms with E-state index in [1.165, 1.54) is 25.7 Å². The zero-order valence-corrected chi connectivity index (χ0v) is 17.5. The Labute approximate surface area is 173 Å². The van der Waals surface area contributed by atoms with Crippen molar-refractivity contribution < 1.29 is 14.4 Å². The molecule has 5 aliphatic carbocycles. The Hall–Kier alpha value is -1.59. The van der Waals surface area contributed by atoms with E-state index in [4.69, 9.17) is 0 Å². The molecule has 1 N–H and O–H groups in total. The minimum Gasteiger partial charge on any atom is -0.355 e. The molecule has 1 heterocycles. The number of hydrogen-bond donors (Lipinski definition) is 1. The number of amides is 3. The third-order valence-corrected chi connectivity index (χ3v) is 8.54. The van der Waals surface area contributed by atoms with E-state index < -0.39 is 0 Å². The molecule has 6 rings (SSSR count). The standard InChI is InChI=1S/C23H35N3O3/c27-20(25-6-8-26(9-7-25)21(28)19-2-1-3-19)4-5-24-22(29)23-13-16-10-17(14-23)12-18(11-16)15-23/h16-19H,1-15H2,(H,24,29). The second kappa shape index (κ2) is 7.59. The third kappa shape index (κ3) is 3.68. The molecule has 6 fully saturated rings. The van der Waals surface area contributed by atoms with Gasteiger partial charge in [-0.05, 0) is 69.1 Å². The van der Waals surface area contributed by atoms with Crippen LogP contribution in [0.25, 0.3) is 0 Å². The van der Waals surface area contributed by atoms with Gasteiger partial charge in [0.25, 0.3) is 0 Å². The van der Waals surface area contributed by atoms with Crippen LogP contribution in [0.2, 0.25) is 0 Å². The molecule has 4 bridgehead atoms. The summed E-state index contributed by atoms with van der Waals surface area (Å²) < 4.78 is 0. The van der Waals surface area contributed by atoms with Crippen molar-refractivity contribution in [1.82, 2.24) is 15.1 Å². The lowest BCUT2D eigenvalue weighted by molar-refractivity contribution is -0.147. The molecule has 6 nitrogen and oxygen atoms in total. The number of carbonyl (C=O) groups excluding carboxylic acids is 3. The highest BCUT2D eigenvalue weighted by molar-refractivity contribution is 5.84. The van der Waals surface area contributed by atoms with Crippen LogP contribution >= 0.6 is 0 Å². The van der Waals surface area contributed by atoms with E-state index in [0.717, 1.165) is 49.9 Å². The summed E-state index contributed by atoms with van der Waals surface area (Å²) in [5, 5.41) is 3.12. The van der Waals surface area contributed by atoms with Gasteiger partial charge in [0, 0.05) is 50.5 Å². The van der Waals surface area contributed by atoms with Crippen molar-refractivity contribution in [2.24, 2.45) is 29.1 Å². The molecule has 0 aromatic rings. The summed E-state index contributed by atoms with van der Waals surface area (Å²) in [6.45, 7) is 3.00. The van der Waals surface area contributed by atoms with Crippen molar-refractivity contribution in [3.8, 4) is 0 Å². The fourth-order valence-electron chi connectivity index (χ4n) is 7.11. The molecular weight excluding hydrogens is 366 g/mol. The fraction of sp³-hybridized carbons (Fsp3) is 0.870. The minimum atomic E-state index is -0.134. The van der Waals surface area contributed by atoms with E-state index in [2.05, 4.69) is 5.32 Å². The maximum absolute atomic E-state index is 13.0. The van der Waals surface area contributed by atoms with Crippen molar-refractivity contribution >= 4 is 17.7 Å². The molecule has 6 aliphatic rings. The highest BCUT2D eigenvalue weighted by Crippen LogP contribution is 2.60. The zero-order valence-electron chi connectivity index (χ0n) is 17.5. The van der Waals surface area contributed by atoms with Gasteiger partial charge < -0.3 is 15.1 Å². The van der Waals surface area contributed by atoms with E-state index in [-0.39, 0.29) is 29.1 Å². The zero-order chi connectivity index (χ0) is 20.0. The number of hydrogen-bond acceptors (Lipinski definition) is 3. The highest BCUT2D eigenvalue weighted by atomic mass is 16.2. The van der Waals surface area contributed by atoms with E-state index in [1.807, 2.05) is 9.80 Å². The van der Waals surface area contributed by atoms with Crippen LogP contribution < -0.4 is 5.32 Å². The van der Waals surface area contributed by atoms with Gasteiger partial charge in [-0.2, -0.15) is 0 Å². The number of nitrogens with one attached hydrogen (secondary N) is 1. The van der Waals surface area contributed by atoms with Crippen molar-refractivity contribution in [2.45, 2.75) is 64.2 Å². The first-order valence-corrected chi connectivity index (χ1v) is 11.9. The quantitative estimate of drug-likeness (QED) is 0.768. The van der Waals surface area contributed by atoms with Gasteiger partial charge in [0.2, 0.25) is 17.7 Å². The normalized spacial score (nSPS) is 36.1. The minimum absolute atomic E-state index is 0.103. The summed E-state index contributed by atoms with van der Waals surface area (Å²) in [7, 11) is 0. The summed E-state index contributed by atoms with van der Waals surface area (Å²) in [5.74, 6) is 3.10. The first-order valence-electron chi connectivity index (χ1n) is 11.9. The van der Waals surface area contributed by atoms with Crippen LogP contribution in [-0.2, 0) is 14.4 Å². The monoisotopic (exact) mass is 401 g/mol. The molecule has 3 amide bonds. The lowest BCUT2D eigenvalue weighted by Crippen LogP contribution is -2.54. The molecule has 0 unspecified atom stereocenters. The van der Waals surface area contributed by atoms with Gasteiger partial charge in [-0.1, -0.05) is 6.42 Å². The molecule has 0 radical (unpaired) electrons. The Bertz CT molecular complexity index is 644. The smallest absolute Gasteiger partial charge is 0.226 e. The SMILES string of the molecule is O=C(CCNC(=O)C12CC3CC(CC(C3)C1)C2)N1CCN(C(=O)C2CCC2)CC1. The molecule has 160 valence electrons. The lowest BCUT2D eigenvalue weighted by atomic mass is 9.49. The Morgan fingerprint density at radius 2 is 1.38 bits per heavy atom. The van der Waals surface area contributed by atoms with Crippen LogP contribution in [0.5, 0.6) is 0 Å². The molecule has 0 spiro atoms. The van der Waals surface area contributed by atoms with Gasteiger partial charge in [-0.15, -0.1) is 0 Å². The average Bonchev–Trinajstić information content (AvgIpc) is 2.65. The van der Waals surface area contributed by atoms with Crippen molar-refractivity contribution in [3.63, 3.8) is 0 Å². The van der Waals surface area contributed by atoms with Crippen molar-refractivity contribution in [3.05, 3.63) is 0 Å². The maximum Gasteiger partial charge on any atom is 0.226 e. The van der Waals surface area contributed by atoms with Crippen molar-refractivity contribution in [1.29, 1.82) is 0 Å². The molecule has 0 aromatic heterocycles. The van der Waals surface area contributed by atoms with Gasteiger partial charge in [0.1, 0.15) is 0 Å². The van der Waals surface area contributed by atoms with Gasteiger partial charge in [0.05, 0.1) is 0 Å². The van der Waals surface area contributed by atoms with Gasteiger partial charge in [0.15, 0.2) is 0 Å². The van der Waals surface area contributed by atoms with E-state index in [0.29, 0.717) is 39.1 Å². The predicted octanol–water partition coefficient (Wildman–Crippen LogP) is 2.18. The molecule has 1 aliphatic heterocycles. The van der Waals surface area contributed by atoms with Gasteiger partial charge in [-0.25, -0.2) is 0 Å². The molecule has 29 heavy (non-hydrogen) atoms. The van der Waals surface area contributed by atoms with E-state index in [1.54, 1.807) is 0 Å². The second-order valence-corrected chi connectivity index (χ2v) is 10.5. The van der Waals surface area contributed by atoms with Crippen molar-refractivity contribution in [2.75, 3.05) is 32.7 Å². The lowest BCUT2D eigenvalue weighted by Gasteiger charge is -2.55. The number of nitrogens with zero attached hydrogens (tertiary/aromatic N) is 2. The summed E-state index contributed by atoms with van der Waals surface area (Å²) in [4.78, 5) is 41.7. The first kappa shape index (κ1) is 19.4. The summed E-state index contributed by atoms with van der Waals surface area (Å²) in [5.41, 5.74) is -0.134. The summed E-state index contributed by atoms with van der Waals surface area (Å²) >= 11 is 0. The van der Waals surface area contributed by atoms with E-state index in [9.17, 15) is 14.4 Å². The number of piperazine rings is 1. The van der Waals surface area contributed by atoms with Crippen LogP contribution in [0, 0.1) is 29.1 Å². The Balaban J connectivity index is 1.05. The van der Waals surface area contributed by atoms with Crippen LogP contribution in [0.3, 0.4) is 0 Å². The molecular formula is C23H35N3O3. The molecule has 6 heteroatoms. The number of carbonyl (C=O) groups is 3. The van der Waals surface area contributed by atoms with Gasteiger partial charge in [-0.3, -0.25) is 14.4 Å². The Morgan fingerprint density at radius 3 is 1.90 bits per heavy atom. The molecule has 5 saturated carbocycles.